The fourth-order valence-electron chi connectivity index (χ4n) is 2.65. The molecule has 0 bridgehead atoms. The SMILES string of the molecule is CCC[Si](OCC)(OCC)OCC.O=C(c1ccccc1)c1ccccc1. The van der Waals surface area contributed by atoms with Gasteiger partial charge in [0.05, 0.1) is 0 Å². The maximum absolute atomic E-state index is 11.8. The van der Waals surface area contributed by atoms with Gasteiger partial charge in [0.1, 0.15) is 0 Å². The van der Waals surface area contributed by atoms with E-state index in [2.05, 4.69) is 6.92 Å². The van der Waals surface area contributed by atoms with Gasteiger partial charge in [-0.25, -0.2) is 0 Å². The lowest BCUT2D eigenvalue weighted by atomic mass is 10.0. The lowest BCUT2D eigenvalue weighted by molar-refractivity contribution is 0.0711. The predicted molar refractivity (Wildman–Crippen MR) is 112 cm³/mol. The van der Waals surface area contributed by atoms with Gasteiger partial charge >= 0.3 is 8.80 Å². The number of ketones is 1. The molecule has 0 radical (unpaired) electrons. The van der Waals surface area contributed by atoms with Gasteiger partial charge in [-0.15, -0.1) is 0 Å². The molecule has 2 aromatic carbocycles. The van der Waals surface area contributed by atoms with Crippen LogP contribution < -0.4 is 0 Å². The maximum atomic E-state index is 11.8. The number of carbonyl (C=O) groups is 1. The fourth-order valence-corrected chi connectivity index (χ4v) is 5.27. The zero-order valence-electron chi connectivity index (χ0n) is 16.9. The van der Waals surface area contributed by atoms with Crippen LogP contribution in [0.4, 0.5) is 0 Å². The topological polar surface area (TPSA) is 44.8 Å². The smallest absolute Gasteiger partial charge is 0.374 e. The summed E-state index contributed by atoms with van der Waals surface area (Å²) in [5, 5.41) is 0. The highest BCUT2D eigenvalue weighted by Crippen LogP contribution is 2.17. The second kappa shape index (κ2) is 13.4. The van der Waals surface area contributed by atoms with Crippen LogP contribution in [0.15, 0.2) is 60.7 Å². The normalized spacial score (nSPS) is 10.8. The largest absolute Gasteiger partial charge is 0.500 e. The molecule has 0 fully saturated rings. The Morgan fingerprint density at radius 3 is 1.37 bits per heavy atom. The summed E-state index contributed by atoms with van der Waals surface area (Å²) in [6, 6.07) is 19.5. The fraction of sp³-hybridized carbons (Fsp3) is 0.409. The molecule has 4 nitrogen and oxygen atoms in total. The maximum Gasteiger partial charge on any atom is 0.500 e. The quantitative estimate of drug-likeness (QED) is 0.406. The number of benzene rings is 2. The van der Waals surface area contributed by atoms with Crippen LogP contribution in [0.5, 0.6) is 0 Å². The van der Waals surface area contributed by atoms with E-state index in [0.29, 0.717) is 19.8 Å². The van der Waals surface area contributed by atoms with Crippen molar-refractivity contribution >= 4 is 14.6 Å². The van der Waals surface area contributed by atoms with Crippen molar-refractivity contribution in [3.63, 3.8) is 0 Å². The highest BCUT2D eigenvalue weighted by Gasteiger charge is 2.38. The van der Waals surface area contributed by atoms with Crippen molar-refractivity contribution in [3.8, 4) is 0 Å². The molecule has 0 spiro atoms. The highest BCUT2D eigenvalue weighted by atomic mass is 28.4. The first-order valence-electron chi connectivity index (χ1n) is 9.69. The molecular weight excluding hydrogens is 356 g/mol. The first kappa shape index (κ1) is 23.2. The molecule has 0 aliphatic carbocycles. The number of hydrogen-bond donors (Lipinski definition) is 0. The Morgan fingerprint density at radius 2 is 1.07 bits per heavy atom. The summed E-state index contributed by atoms with van der Waals surface area (Å²) in [6.45, 7) is 10.1. The molecule has 0 atom stereocenters. The molecule has 2 aromatic rings. The molecule has 0 saturated carbocycles. The van der Waals surface area contributed by atoms with Crippen molar-refractivity contribution < 1.29 is 18.1 Å². The van der Waals surface area contributed by atoms with Gasteiger partial charge in [0.25, 0.3) is 0 Å². The standard InChI is InChI=1S/C13H10O.C9H22O3Si/c14-13(11-7-3-1-4-8-11)12-9-5-2-6-10-12;1-5-9-13(10-6-2,11-7-3)12-8-4/h1-10H;5-9H2,1-4H3. The van der Waals surface area contributed by atoms with E-state index < -0.39 is 8.80 Å². The number of hydrogen-bond acceptors (Lipinski definition) is 4. The van der Waals surface area contributed by atoms with Crippen molar-refractivity contribution in [1.29, 1.82) is 0 Å². The Hall–Kier alpha value is -1.79. The highest BCUT2D eigenvalue weighted by molar-refractivity contribution is 6.60. The summed E-state index contributed by atoms with van der Waals surface area (Å²) in [5.74, 6) is 0.0752. The molecule has 0 aliphatic heterocycles. The minimum atomic E-state index is -2.30. The van der Waals surface area contributed by atoms with Crippen LogP contribution in [-0.2, 0) is 13.3 Å². The molecule has 0 unspecified atom stereocenters. The average Bonchev–Trinajstić information content (AvgIpc) is 2.70. The Morgan fingerprint density at radius 1 is 0.704 bits per heavy atom. The third-order valence-corrected chi connectivity index (χ3v) is 7.02. The van der Waals surface area contributed by atoms with Crippen molar-refractivity contribution in [1.82, 2.24) is 0 Å². The molecular formula is C22H32O4Si. The molecule has 5 heteroatoms. The Kier molecular flexibility index (Phi) is 11.5. The van der Waals surface area contributed by atoms with Crippen LogP contribution in [-0.4, -0.2) is 34.4 Å². The van der Waals surface area contributed by atoms with Crippen molar-refractivity contribution in [3.05, 3.63) is 71.8 Å². The van der Waals surface area contributed by atoms with Gasteiger partial charge in [0, 0.05) is 37.0 Å². The minimum absolute atomic E-state index is 0.0752. The zero-order valence-corrected chi connectivity index (χ0v) is 17.9. The average molecular weight is 389 g/mol. The van der Waals surface area contributed by atoms with Crippen LogP contribution in [0.1, 0.15) is 50.0 Å². The molecule has 148 valence electrons. The van der Waals surface area contributed by atoms with Crippen LogP contribution in [0.25, 0.3) is 0 Å². The summed E-state index contributed by atoms with van der Waals surface area (Å²) in [6.07, 6.45) is 1.05. The molecule has 0 N–H and O–H groups in total. The van der Waals surface area contributed by atoms with Gasteiger partial charge in [-0.3, -0.25) is 4.79 Å². The van der Waals surface area contributed by atoms with E-state index in [1.54, 1.807) is 0 Å². The summed E-state index contributed by atoms with van der Waals surface area (Å²) in [5.41, 5.74) is 1.47. The molecule has 27 heavy (non-hydrogen) atoms. The van der Waals surface area contributed by atoms with Crippen LogP contribution in [0.2, 0.25) is 6.04 Å². The first-order valence-corrected chi connectivity index (χ1v) is 11.6. The minimum Gasteiger partial charge on any atom is -0.374 e. The Bertz CT molecular complexity index is 560. The van der Waals surface area contributed by atoms with Gasteiger partial charge in [-0.05, 0) is 20.8 Å². The van der Waals surface area contributed by atoms with Crippen LogP contribution in [0.3, 0.4) is 0 Å². The van der Waals surface area contributed by atoms with E-state index >= 15 is 0 Å². The molecule has 0 amide bonds. The zero-order chi connectivity index (χ0) is 20.0. The van der Waals surface area contributed by atoms with Gasteiger partial charge in [0.2, 0.25) is 0 Å². The molecule has 0 aromatic heterocycles. The van der Waals surface area contributed by atoms with E-state index in [-0.39, 0.29) is 5.78 Å². The second-order valence-corrected chi connectivity index (χ2v) is 8.53. The Balaban J connectivity index is 0.000000271. The van der Waals surface area contributed by atoms with Gasteiger partial charge in [-0.2, -0.15) is 0 Å². The van der Waals surface area contributed by atoms with E-state index in [4.69, 9.17) is 13.3 Å². The van der Waals surface area contributed by atoms with Crippen molar-refractivity contribution in [2.45, 2.75) is 40.2 Å². The van der Waals surface area contributed by atoms with E-state index in [1.165, 1.54) is 0 Å². The predicted octanol–water partition coefficient (Wildman–Crippen LogP) is 5.36. The monoisotopic (exact) mass is 388 g/mol. The summed E-state index contributed by atoms with van der Waals surface area (Å²) < 4.78 is 16.9. The van der Waals surface area contributed by atoms with Gasteiger partial charge in [0.15, 0.2) is 5.78 Å². The second-order valence-electron chi connectivity index (χ2n) is 5.79. The third-order valence-electron chi connectivity index (χ3n) is 3.72. The van der Waals surface area contributed by atoms with Crippen molar-refractivity contribution in [2.24, 2.45) is 0 Å². The Labute approximate surface area is 164 Å². The molecule has 0 aliphatic rings. The van der Waals surface area contributed by atoms with Gasteiger partial charge in [-0.1, -0.05) is 74.0 Å². The van der Waals surface area contributed by atoms with Crippen LogP contribution >= 0.6 is 0 Å². The third kappa shape index (κ3) is 8.18. The lowest BCUT2D eigenvalue weighted by Gasteiger charge is -2.27. The molecule has 0 saturated heterocycles. The van der Waals surface area contributed by atoms with E-state index in [9.17, 15) is 4.79 Å². The summed E-state index contributed by atoms with van der Waals surface area (Å²) >= 11 is 0. The lowest BCUT2D eigenvalue weighted by Crippen LogP contribution is -2.45. The number of carbonyl (C=O) groups excluding carboxylic acids is 1. The van der Waals surface area contributed by atoms with Gasteiger partial charge < -0.3 is 13.3 Å². The van der Waals surface area contributed by atoms with E-state index in [0.717, 1.165) is 23.6 Å². The first-order chi connectivity index (χ1) is 13.1. The summed E-state index contributed by atoms with van der Waals surface area (Å²) in [4.78, 5) is 11.8. The molecule has 0 heterocycles. The number of rotatable bonds is 10. The molecule has 2 rings (SSSR count). The summed E-state index contributed by atoms with van der Waals surface area (Å²) in [7, 11) is -2.30. The van der Waals surface area contributed by atoms with Crippen molar-refractivity contribution in [2.75, 3.05) is 19.8 Å². The van der Waals surface area contributed by atoms with Crippen LogP contribution in [0, 0.1) is 0 Å². The van der Waals surface area contributed by atoms with E-state index in [1.807, 2.05) is 81.4 Å².